The van der Waals surface area contributed by atoms with Crippen LogP contribution in [0.15, 0.2) is 41.7 Å². The summed E-state index contributed by atoms with van der Waals surface area (Å²) in [5.74, 6) is 0.198. The molecule has 1 aromatic carbocycles. The van der Waals surface area contributed by atoms with Crippen LogP contribution in [-0.4, -0.2) is 24.7 Å². The molecule has 1 aromatic rings. The van der Waals surface area contributed by atoms with Gasteiger partial charge in [0, 0.05) is 19.4 Å². The van der Waals surface area contributed by atoms with E-state index in [1.807, 2.05) is 18.2 Å². The second-order valence-electron chi connectivity index (χ2n) is 5.90. The van der Waals surface area contributed by atoms with Gasteiger partial charge in [0.15, 0.2) is 0 Å². The molecule has 22 heavy (non-hydrogen) atoms. The van der Waals surface area contributed by atoms with Crippen molar-refractivity contribution in [2.75, 3.05) is 13.7 Å². The highest BCUT2D eigenvalue weighted by atomic mass is 16.6. The van der Waals surface area contributed by atoms with Crippen molar-refractivity contribution < 1.29 is 9.66 Å². The lowest BCUT2D eigenvalue weighted by Gasteiger charge is -2.27. The van der Waals surface area contributed by atoms with E-state index in [0.29, 0.717) is 18.7 Å². The standard InChI is InChI=1S/C17H24N2O3/c1-13-7-6-10-16(19(20)21)17(13)18-15(12-22-2)11-14-8-4-3-5-9-14/h3-5,8-9,13,15,18H,6-7,10-12H2,1-2H3. The van der Waals surface area contributed by atoms with Gasteiger partial charge in [0.05, 0.1) is 23.3 Å². The van der Waals surface area contributed by atoms with Crippen molar-refractivity contribution in [3.05, 3.63) is 57.4 Å². The number of nitrogens with zero attached hydrogens (tertiary/aromatic N) is 1. The minimum Gasteiger partial charge on any atom is -0.383 e. The van der Waals surface area contributed by atoms with Crippen molar-refractivity contribution in [1.82, 2.24) is 5.32 Å². The number of allylic oxidation sites excluding steroid dienone is 2. The van der Waals surface area contributed by atoms with Crippen molar-refractivity contribution in [1.29, 1.82) is 0 Å². The van der Waals surface area contributed by atoms with Crippen LogP contribution in [-0.2, 0) is 11.2 Å². The van der Waals surface area contributed by atoms with Crippen LogP contribution >= 0.6 is 0 Å². The van der Waals surface area contributed by atoms with Gasteiger partial charge in [-0.1, -0.05) is 37.3 Å². The fourth-order valence-corrected chi connectivity index (χ4v) is 3.03. The Morgan fingerprint density at radius 1 is 1.41 bits per heavy atom. The lowest BCUT2D eigenvalue weighted by molar-refractivity contribution is -0.431. The van der Waals surface area contributed by atoms with Crippen LogP contribution < -0.4 is 5.32 Å². The number of ether oxygens (including phenoxy) is 1. The summed E-state index contributed by atoms with van der Waals surface area (Å²) in [6, 6.07) is 10.2. The number of hydrogen-bond donors (Lipinski definition) is 1. The van der Waals surface area contributed by atoms with E-state index in [-0.39, 0.29) is 16.9 Å². The normalized spacial score (nSPS) is 19.8. The van der Waals surface area contributed by atoms with Crippen LogP contribution in [0.25, 0.3) is 0 Å². The highest BCUT2D eigenvalue weighted by Gasteiger charge is 2.29. The molecular formula is C17H24N2O3. The number of benzene rings is 1. The minimum atomic E-state index is -0.232. The zero-order chi connectivity index (χ0) is 15.9. The molecule has 5 nitrogen and oxygen atoms in total. The van der Waals surface area contributed by atoms with E-state index >= 15 is 0 Å². The van der Waals surface area contributed by atoms with Gasteiger partial charge in [-0.3, -0.25) is 10.1 Å². The van der Waals surface area contributed by atoms with Gasteiger partial charge in [0.2, 0.25) is 0 Å². The van der Waals surface area contributed by atoms with Crippen LogP contribution in [0.3, 0.4) is 0 Å². The monoisotopic (exact) mass is 304 g/mol. The Morgan fingerprint density at radius 3 is 2.77 bits per heavy atom. The smallest absolute Gasteiger partial charge is 0.265 e. The lowest BCUT2D eigenvalue weighted by atomic mass is 9.91. The molecule has 1 aliphatic carbocycles. The predicted octanol–water partition coefficient (Wildman–Crippen LogP) is 3.14. The molecule has 0 aromatic heterocycles. The molecule has 0 heterocycles. The second-order valence-corrected chi connectivity index (χ2v) is 5.90. The molecule has 2 unspecified atom stereocenters. The molecule has 0 bridgehead atoms. The van der Waals surface area contributed by atoms with Gasteiger partial charge < -0.3 is 10.1 Å². The van der Waals surface area contributed by atoms with Crippen LogP contribution in [0, 0.1) is 16.0 Å². The molecule has 0 saturated carbocycles. The molecule has 0 radical (unpaired) electrons. The molecule has 0 aliphatic heterocycles. The van der Waals surface area contributed by atoms with Gasteiger partial charge in [-0.15, -0.1) is 0 Å². The van der Waals surface area contributed by atoms with Crippen molar-refractivity contribution in [2.45, 2.75) is 38.6 Å². The van der Waals surface area contributed by atoms with Gasteiger partial charge in [-0.25, -0.2) is 0 Å². The van der Waals surface area contributed by atoms with Gasteiger partial charge in [0.25, 0.3) is 5.70 Å². The number of nitrogens with one attached hydrogen (secondary N) is 1. The molecule has 1 N–H and O–H groups in total. The number of rotatable bonds is 7. The fraction of sp³-hybridized carbons (Fsp3) is 0.529. The van der Waals surface area contributed by atoms with E-state index in [1.165, 1.54) is 5.56 Å². The first-order valence-corrected chi connectivity index (χ1v) is 7.78. The summed E-state index contributed by atoms with van der Waals surface area (Å²) in [5.41, 5.74) is 2.32. The average Bonchev–Trinajstić information content (AvgIpc) is 2.50. The number of nitro groups is 1. The fourth-order valence-electron chi connectivity index (χ4n) is 3.03. The summed E-state index contributed by atoms with van der Waals surface area (Å²) in [4.78, 5) is 11.1. The maximum atomic E-state index is 11.3. The van der Waals surface area contributed by atoms with E-state index in [4.69, 9.17) is 4.74 Å². The SMILES string of the molecule is COCC(Cc1ccccc1)NC1=C([N+](=O)[O-])CCCC1C. The Kier molecular flexibility index (Phi) is 5.95. The molecule has 0 amide bonds. The first-order valence-electron chi connectivity index (χ1n) is 7.78. The summed E-state index contributed by atoms with van der Waals surface area (Å²) in [6.45, 7) is 2.58. The van der Waals surface area contributed by atoms with Crippen LogP contribution in [0.5, 0.6) is 0 Å². The molecule has 0 fully saturated rings. The van der Waals surface area contributed by atoms with E-state index in [9.17, 15) is 10.1 Å². The van der Waals surface area contributed by atoms with E-state index in [0.717, 1.165) is 25.0 Å². The number of methoxy groups -OCH3 is 1. The first kappa shape index (κ1) is 16.5. The topological polar surface area (TPSA) is 64.4 Å². The maximum absolute atomic E-state index is 11.3. The molecule has 5 heteroatoms. The van der Waals surface area contributed by atoms with Crippen LogP contribution in [0.1, 0.15) is 31.7 Å². The Morgan fingerprint density at radius 2 is 2.14 bits per heavy atom. The third-order valence-electron chi connectivity index (χ3n) is 4.13. The predicted molar refractivity (Wildman–Crippen MR) is 86.0 cm³/mol. The highest BCUT2D eigenvalue weighted by Crippen LogP contribution is 2.29. The quantitative estimate of drug-likeness (QED) is 0.621. The Hall–Kier alpha value is -1.88. The van der Waals surface area contributed by atoms with Gasteiger partial charge >= 0.3 is 0 Å². The Labute approximate surface area is 131 Å². The molecule has 2 rings (SSSR count). The van der Waals surface area contributed by atoms with Crippen molar-refractivity contribution in [3.8, 4) is 0 Å². The minimum absolute atomic E-state index is 0.0397. The molecule has 120 valence electrons. The summed E-state index contributed by atoms with van der Waals surface area (Å²) >= 11 is 0. The Bertz CT molecular complexity index is 528. The van der Waals surface area contributed by atoms with Crippen molar-refractivity contribution >= 4 is 0 Å². The zero-order valence-electron chi connectivity index (χ0n) is 13.2. The summed E-state index contributed by atoms with van der Waals surface area (Å²) in [7, 11) is 1.66. The third-order valence-corrected chi connectivity index (χ3v) is 4.13. The molecular weight excluding hydrogens is 280 g/mol. The number of hydrogen-bond acceptors (Lipinski definition) is 4. The van der Waals surface area contributed by atoms with Gasteiger partial charge in [-0.2, -0.15) is 0 Å². The first-order chi connectivity index (χ1) is 10.6. The largest absolute Gasteiger partial charge is 0.383 e. The van der Waals surface area contributed by atoms with Crippen LogP contribution in [0.4, 0.5) is 0 Å². The van der Waals surface area contributed by atoms with E-state index in [1.54, 1.807) is 7.11 Å². The molecule has 2 atom stereocenters. The Balaban J connectivity index is 2.16. The summed E-state index contributed by atoms with van der Waals surface area (Å²) in [6.07, 6.45) is 3.21. The average molecular weight is 304 g/mol. The highest BCUT2D eigenvalue weighted by molar-refractivity contribution is 5.18. The molecule has 1 aliphatic rings. The second kappa shape index (κ2) is 7.94. The zero-order valence-corrected chi connectivity index (χ0v) is 13.2. The summed E-state index contributed by atoms with van der Waals surface area (Å²) in [5, 5.41) is 14.7. The van der Waals surface area contributed by atoms with Gasteiger partial charge in [-0.05, 0) is 24.8 Å². The summed E-state index contributed by atoms with van der Waals surface area (Å²) < 4.78 is 5.29. The van der Waals surface area contributed by atoms with Crippen LogP contribution in [0.2, 0.25) is 0 Å². The van der Waals surface area contributed by atoms with Crippen molar-refractivity contribution in [3.63, 3.8) is 0 Å². The van der Waals surface area contributed by atoms with E-state index in [2.05, 4.69) is 24.4 Å². The maximum Gasteiger partial charge on any atom is 0.265 e. The molecule has 0 saturated heterocycles. The lowest BCUT2D eigenvalue weighted by Crippen LogP contribution is -2.38. The molecule has 0 spiro atoms. The van der Waals surface area contributed by atoms with E-state index < -0.39 is 0 Å². The third kappa shape index (κ3) is 4.31. The van der Waals surface area contributed by atoms with Gasteiger partial charge in [0.1, 0.15) is 0 Å². The van der Waals surface area contributed by atoms with Crippen molar-refractivity contribution in [2.24, 2.45) is 5.92 Å².